The molecule has 0 saturated heterocycles. The second kappa shape index (κ2) is 6.44. The number of rotatable bonds is 6. The van der Waals surface area contributed by atoms with Gasteiger partial charge in [-0.2, -0.15) is 10.2 Å². The van der Waals surface area contributed by atoms with Gasteiger partial charge in [-0.15, -0.1) is 0 Å². The standard InChI is InChI=1S/C16H19N5O/c1-21-11-12(9-18-21)8-17-10-14-7-16(20-19-14)13-4-3-5-15(6-13)22-2/h3-7,9,11,17H,8,10H2,1-2H3,(H,19,20). The fourth-order valence-corrected chi connectivity index (χ4v) is 2.29. The summed E-state index contributed by atoms with van der Waals surface area (Å²) in [6.07, 6.45) is 3.86. The normalized spacial score (nSPS) is 10.8. The number of aromatic amines is 1. The molecule has 2 N–H and O–H groups in total. The number of H-pyrrole nitrogens is 1. The molecule has 1 aromatic carbocycles. The number of methoxy groups -OCH3 is 1. The van der Waals surface area contributed by atoms with Crippen molar-refractivity contribution in [3.05, 3.63) is 54.0 Å². The zero-order valence-corrected chi connectivity index (χ0v) is 12.7. The van der Waals surface area contributed by atoms with Crippen molar-refractivity contribution in [1.82, 2.24) is 25.3 Å². The second-order valence-electron chi connectivity index (χ2n) is 5.14. The van der Waals surface area contributed by atoms with E-state index in [2.05, 4.69) is 20.6 Å². The molecule has 3 rings (SSSR count). The maximum atomic E-state index is 5.24. The van der Waals surface area contributed by atoms with Crippen molar-refractivity contribution in [2.24, 2.45) is 7.05 Å². The van der Waals surface area contributed by atoms with Gasteiger partial charge in [0.1, 0.15) is 5.75 Å². The van der Waals surface area contributed by atoms with Crippen molar-refractivity contribution in [3.63, 3.8) is 0 Å². The van der Waals surface area contributed by atoms with Gasteiger partial charge in [0.15, 0.2) is 0 Å². The van der Waals surface area contributed by atoms with Crippen molar-refractivity contribution in [2.75, 3.05) is 7.11 Å². The number of nitrogens with one attached hydrogen (secondary N) is 2. The topological polar surface area (TPSA) is 67.8 Å². The van der Waals surface area contributed by atoms with E-state index in [1.54, 1.807) is 11.8 Å². The van der Waals surface area contributed by atoms with Crippen LogP contribution in [0, 0.1) is 0 Å². The third-order valence-corrected chi connectivity index (χ3v) is 3.40. The first kappa shape index (κ1) is 14.3. The Morgan fingerprint density at radius 1 is 1.27 bits per heavy atom. The van der Waals surface area contributed by atoms with Crippen LogP contribution in [0.5, 0.6) is 5.75 Å². The Kier molecular flexibility index (Phi) is 4.20. The van der Waals surface area contributed by atoms with Crippen molar-refractivity contribution in [2.45, 2.75) is 13.1 Å². The molecular weight excluding hydrogens is 278 g/mol. The molecule has 0 amide bonds. The number of hydrogen-bond acceptors (Lipinski definition) is 4. The van der Waals surface area contributed by atoms with Gasteiger partial charge in [-0.1, -0.05) is 12.1 Å². The minimum Gasteiger partial charge on any atom is -0.497 e. The van der Waals surface area contributed by atoms with E-state index in [0.717, 1.165) is 41.4 Å². The molecule has 22 heavy (non-hydrogen) atoms. The molecule has 0 saturated carbocycles. The second-order valence-corrected chi connectivity index (χ2v) is 5.14. The summed E-state index contributed by atoms with van der Waals surface area (Å²) in [5.74, 6) is 0.830. The fraction of sp³-hybridized carbons (Fsp3) is 0.250. The summed E-state index contributed by atoms with van der Waals surface area (Å²) in [7, 11) is 3.58. The minimum absolute atomic E-state index is 0.728. The predicted octanol–water partition coefficient (Wildman–Crippen LogP) is 2.11. The van der Waals surface area contributed by atoms with E-state index in [-0.39, 0.29) is 0 Å². The third kappa shape index (κ3) is 3.35. The molecule has 0 atom stereocenters. The van der Waals surface area contributed by atoms with Crippen LogP contribution < -0.4 is 10.1 Å². The van der Waals surface area contributed by atoms with E-state index in [9.17, 15) is 0 Å². The van der Waals surface area contributed by atoms with E-state index in [1.165, 1.54) is 0 Å². The SMILES string of the molecule is COc1cccc(-c2cc(CNCc3cnn(C)c3)[nH]n2)c1. The summed E-state index contributed by atoms with van der Waals surface area (Å²) >= 11 is 0. The van der Waals surface area contributed by atoms with Crippen LogP contribution in [-0.2, 0) is 20.1 Å². The summed E-state index contributed by atoms with van der Waals surface area (Å²) in [6.45, 7) is 1.51. The molecule has 0 unspecified atom stereocenters. The minimum atomic E-state index is 0.728. The van der Waals surface area contributed by atoms with Gasteiger partial charge in [-0.3, -0.25) is 9.78 Å². The summed E-state index contributed by atoms with van der Waals surface area (Å²) in [6, 6.07) is 9.93. The van der Waals surface area contributed by atoms with Gasteiger partial charge < -0.3 is 10.1 Å². The highest BCUT2D eigenvalue weighted by Crippen LogP contribution is 2.22. The molecule has 2 heterocycles. The summed E-state index contributed by atoms with van der Waals surface area (Å²) < 4.78 is 7.04. The Labute approximate surface area is 129 Å². The molecule has 0 radical (unpaired) electrons. The van der Waals surface area contributed by atoms with Crippen LogP contribution in [0.15, 0.2) is 42.7 Å². The summed E-state index contributed by atoms with van der Waals surface area (Å²) in [4.78, 5) is 0. The number of aromatic nitrogens is 4. The van der Waals surface area contributed by atoms with Crippen LogP contribution in [0.1, 0.15) is 11.3 Å². The fourth-order valence-electron chi connectivity index (χ4n) is 2.29. The molecule has 6 nitrogen and oxygen atoms in total. The lowest BCUT2D eigenvalue weighted by molar-refractivity contribution is 0.415. The van der Waals surface area contributed by atoms with E-state index in [4.69, 9.17) is 4.74 Å². The van der Waals surface area contributed by atoms with Gasteiger partial charge in [-0.05, 0) is 18.2 Å². The maximum absolute atomic E-state index is 5.24. The maximum Gasteiger partial charge on any atom is 0.119 e. The lowest BCUT2D eigenvalue weighted by Crippen LogP contribution is -2.12. The molecule has 0 aliphatic rings. The van der Waals surface area contributed by atoms with Crippen molar-refractivity contribution in [1.29, 1.82) is 0 Å². The smallest absolute Gasteiger partial charge is 0.119 e. The zero-order chi connectivity index (χ0) is 15.4. The Morgan fingerprint density at radius 3 is 2.95 bits per heavy atom. The quantitative estimate of drug-likeness (QED) is 0.731. The predicted molar refractivity (Wildman–Crippen MR) is 84.3 cm³/mol. The van der Waals surface area contributed by atoms with E-state index in [0.29, 0.717) is 0 Å². The molecule has 3 aromatic rings. The van der Waals surface area contributed by atoms with E-state index in [1.807, 2.05) is 49.8 Å². The number of nitrogens with zero attached hydrogens (tertiary/aromatic N) is 3. The van der Waals surface area contributed by atoms with Gasteiger partial charge in [-0.25, -0.2) is 0 Å². The Balaban J connectivity index is 1.61. The monoisotopic (exact) mass is 297 g/mol. The average molecular weight is 297 g/mol. The lowest BCUT2D eigenvalue weighted by Gasteiger charge is -2.01. The average Bonchev–Trinajstić information content (AvgIpc) is 3.17. The molecule has 0 aliphatic heterocycles. The van der Waals surface area contributed by atoms with E-state index < -0.39 is 0 Å². The Bertz CT molecular complexity index is 746. The van der Waals surface area contributed by atoms with Gasteiger partial charge >= 0.3 is 0 Å². The van der Waals surface area contributed by atoms with Crippen molar-refractivity contribution in [3.8, 4) is 17.0 Å². The van der Waals surface area contributed by atoms with Crippen LogP contribution in [-0.4, -0.2) is 27.1 Å². The number of aryl methyl sites for hydroxylation is 1. The molecule has 2 aromatic heterocycles. The molecule has 6 heteroatoms. The molecular formula is C16H19N5O. The molecule has 0 spiro atoms. The van der Waals surface area contributed by atoms with Crippen LogP contribution in [0.2, 0.25) is 0 Å². The molecule has 0 aliphatic carbocycles. The molecule has 0 bridgehead atoms. The largest absolute Gasteiger partial charge is 0.497 e. The zero-order valence-electron chi connectivity index (χ0n) is 12.7. The Hall–Kier alpha value is -2.60. The highest BCUT2D eigenvalue weighted by atomic mass is 16.5. The van der Waals surface area contributed by atoms with Crippen molar-refractivity contribution < 1.29 is 4.74 Å². The lowest BCUT2D eigenvalue weighted by atomic mass is 10.1. The summed E-state index contributed by atoms with van der Waals surface area (Å²) in [5, 5.41) is 14.9. The highest BCUT2D eigenvalue weighted by Gasteiger charge is 2.05. The first-order valence-corrected chi connectivity index (χ1v) is 7.11. The van der Waals surface area contributed by atoms with Gasteiger partial charge in [0.05, 0.1) is 19.0 Å². The molecule has 114 valence electrons. The van der Waals surface area contributed by atoms with Gasteiger partial charge in [0, 0.05) is 43.2 Å². The number of benzene rings is 1. The van der Waals surface area contributed by atoms with Gasteiger partial charge in [0.25, 0.3) is 0 Å². The molecule has 0 fully saturated rings. The highest BCUT2D eigenvalue weighted by molar-refractivity contribution is 5.61. The van der Waals surface area contributed by atoms with Crippen molar-refractivity contribution >= 4 is 0 Å². The van der Waals surface area contributed by atoms with Crippen LogP contribution in [0.25, 0.3) is 11.3 Å². The first-order valence-electron chi connectivity index (χ1n) is 7.11. The third-order valence-electron chi connectivity index (χ3n) is 3.40. The first-order chi connectivity index (χ1) is 10.7. The van der Waals surface area contributed by atoms with Crippen LogP contribution in [0.4, 0.5) is 0 Å². The van der Waals surface area contributed by atoms with Crippen LogP contribution in [0.3, 0.4) is 0 Å². The Morgan fingerprint density at radius 2 is 2.18 bits per heavy atom. The van der Waals surface area contributed by atoms with Gasteiger partial charge in [0.2, 0.25) is 0 Å². The number of ether oxygens (including phenoxy) is 1. The van der Waals surface area contributed by atoms with E-state index >= 15 is 0 Å². The summed E-state index contributed by atoms with van der Waals surface area (Å²) in [5.41, 5.74) is 4.16. The van der Waals surface area contributed by atoms with Crippen LogP contribution >= 0.6 is 0 Å². The number of hydrogen-bond donors (Lipinski definition) is 2.